The van der Waals surface area contributed by atoms with E-state index in [1.54, 1.807) is 6.92 Å². The second-order valence-corrected chi connectivity index (χ2v) is 5.59. The predicted octanol–water partition coefficient (Wildman–Crippen LogP) is -0.310. The molecule has 0 aliphatic rings. The average Bonchev–Trinajstić information content (AvgIpc) is 1.87. The lowest BCUT2D eigenvalue weighted by atomic mass is 10.6. The van der Waals surface area contributed by atoms with Gasteiger partial charge < -0.3 is 4.55 Å². The molecule has 0 aromatic rings. The quantitative estimate of drug-likeness (QED) is 0.569. The summed E-state index contributed by atoms with van der Waals surface area (Å²) < 4.78 is 41.5. The molecule has 0 aromatic carbocycles. The van der Waals surface area contributed by atoms with E-state index >= 15 is 0 Å². The molecule has 68 valence electrons. The highest BCUT2D eigenvalue weighted by molar-refractivity contribution is 7.91. The van der Waals surface area contributed by atoms with Crippen LogP contribution in [0.5, 0.6) is 0 Å². The van der Waals surface area contributed by atoms with Gasteiger partial charge in [0.2, 0.25) is 0 Å². The van der Waals surface area contributed by atoms with Gasteiger partial charge in [0.1, 0.15) is 9.84 Å². The zero-order valence-electron chi connectivity index (χ0n) is 6.28. The van der Waals surface area contributed by atoms with Crippen LogP contribution in [0.25, 0.3) is 0 Å². The molecule has 0 aliphatic carbocycles. The van der Waals surface area contributed by atoms with Crippen LogP contribution in [0, 0.1) is 0 Å². The smallest absolute Gasteiger partial charge is 0.150 e. The molecular formula is C5H11O4S2-. The van der Waals surface area contributed by atoms with Crippen LogP contribution >= 0.6 is 0 Å². The molecule has 0 aliphatic heterocycles. The molecule has 0 amide bonds. The monoisotopic (exact) mass is 199 g/mol. The Morgan fingerprint density at radius 2 is 2.00 bits per heavy atom. The van der Waals surface area contributed by atoms with Crippen LogP contribution in [0.3, 0.4) is 0 Å². The van der Waals surface area contributed by atoms with Gasteiger partial charge in [-0.2, -0.15) is 0 Å². The highest BCUT2D eigenvalue weighted by atomic mass is 32.2. The maximum Gasteiger partial charge on any atom is 0.150 e. The normalized spacial score (nSPS) is 14.7. The van der Waals surface area contributed by atoms with Gasteiger partial charge in [0.05, 0.1) is 5.75 Å². The molecule has 0 saturated heterocycles. The van der Waals surface area contributed by atoms with E-state index in [2.05, 4.69) is 0 Å². The molecule has 0 N–H and O–H groups in total. The average molecular weight is 199 g/mol. The summed E-state index contributed by atoms with van der Waals surface area (Å²) in [6.07, 6.45) is 0.201. The van der Waals surface area contributed by atoms with Gasteiger partial charge in [-0.1, -0.05) is 18.0 Å². The summed E-state index contributed by atoms with van der Waals surface area (Å²) in [6, 6.07) is 0. The molecule has 6 heteroatoms. The van der Waals surface area contributed by atoms with Crippen LogP contribution < -0.4 is 0 Å². The maximum atomic E-state index is 10.8. The fourth-order valence-corrected chi connectivity index (χ4v) is 1.98. The van der Waals surface area contributed by atoms with Crippen molar-refractivity contribution < 1.29 is 17.2 Å². The Labute approximate surface area is 69.2 Å². The van der Waals surface area contributed by atoms with Crippen LogP contribution in [-0.4, -0.2) is 34.4 Å². The third kappa shape index (κ3) is 6.46. The topological polar surface area (TPSA) is 74.3 Å². The first-order chi connectivity index (χ1) is 4.98. The Morgan fingerprint density at radius 1 is 1.45 bits per heavy atom. The fraction of sp³-hybridized carbons (Fsp3) is 1.00. The van der Waals surface area contributed by atoms with Crippen LogP contribution in [0.1, 0.15) is 13.3 Å². The van der Waals surface area contributed by atoms with Crippen molar-refractivity contribution in [2.45, 2.75) is 13.3 Å². The molecule has 0 rings (SSSR count). The largest absolute Gasteiger partial charge is 0.772 e. The Bertz CT molecular complexity index is 219. The molecule has 0 fully saturated rings. The van der Waals surface area contributed by atoms with Gasteiger partial charge in [-0.3, -0.25) is 4.21 Å². The Kier molecular flexibility index (Phi) is 4.87. The van der Waals surface area contributed by atoms with Crippen molar-refractivity contribution in [1.82, 2.24) is 0 Å². The predicted molar refractivity (Wildman–Crippen MR) is 42.7 cm³/mol. The van der Waals surface area contributed by atoms with Crippen LogP contribution in [0.15, 0.2) is 0 Å². The van der Waals surface area contributed by atoms with Crippen molar-refractivity contribution in [3.8, 4) is 0 Å². The summed E-state index contributed by atoms with van der Waals surface area (Å²) in [5.41, 5.74) is 0. The minimum atomic E-state index is -2.99. The van der Waals surface area contributed by atoms with Gasteiger partial charge in [0.25, 0.3) is 0 Å². The molecule has 0 bridgehead atoms. The summed E-state index contributed by atoms with van der Waals surface area (Å²) in [5, 5.41) is 0. The summed E-state index contributed by atoms with van der Waals surface area (Å²) in [7, 11) is -2.99. The van der Waals surface area contributed by atoms with Crippen molar-refractivity contribution in [2.75, 3.05) is 17.3 Å². The van der Waals surface area contributed by atoms with Crippen molar-refractivity contribution in [1.29, 1.82) is 0 Å². The minimum absolute atomic E-state index is 0.0303. The van der Waals surface area contributed by atoms with Gasteiger partial charge in [0.15, 0.2) is 0 Å². The zero-order valence-corrected chi connectivity index (χ0v) is 7.91. The molecule has 0 saturated carbocycles. The van der Waals surface area contributed by atoms with Gasteiger partial charge in [-0.05, 0) is 6.42 Å². The van der Waals surface area contributed by atoms with Crippen molar-refractivity contribution in [3.05, 3.63) is 0 Å². The van der Waals surface area contributed by atoms with Gasteiger partial charge in [0, 0.05) is 11.5 Å². The number of hydrogen-bond donors (Lipinski definition) is 0. The first-order valence-corrected chi connectivity index (χ1v) is 6.31. The summed E-state index contributed by atoms with van der Waals surface area (Å²) in [6.45, 7) is 1.55. The molecular weight excluding hydrogens is 188 g/mol. The molecule has 1 atom stereocenters. The van der Waals surface area contributed by atoms with E-state index in [-0.39, 0.29) is 23.7 Å². The lowest BCUT2D eigenvalue weighted by Gasteiger charge is -2.03. The molecule has 11 heavy (non-hydrogen) atoms. The molecule has 0 radical (unpaired) electrons. The fourth-order valence-electron chi connectivity index (χ4n) is 0.541. The Morgan fingerprint density at radius 3 is 2.36 bits per heavy atom. The van der Waals surface area contributed by atoms with Gasteiger partial charge in [-0.15, -0.1) is 0 Å². The number of hydrogen-bond acceptors (Lipinski definition) is 4. The van der Waals surface area contributed by atoms with E-state index in [1.807, 2.05) is 0 Å². The third-order valence-corrected chi connectivity index (χ3v) is 3.62. The SMILES string of the molecule is CCS(=O)(=O)CCCS(=O)[O-]. The zero-order chi connectivity index (χ0) is 8.91. The lowest BCUT2D eigenvalue weighted by molar-refractivity contribution is 0.536. The standard InChI is InChI=1S/C5H12O4S2/c1-2-11(8,9)5-3-4-10(6)7/h2-5H2,1H3,(H,6,7)/p-1. The van der Waals surface area contributed by atoms with Crippen molar-refractivity contribution >= 4 is 20.9 Å². The Hall–Kier alpha value is 0.0600. The molecule has 0 spiro atoms. The number of sulfone groups is 1. The highest BCUT2D eigenvalue weighted by Crippen LogP contribution is 1.93. The van der Waals surface area contributed by atoms with Crippen molar-refractivity contribution in [3.63, 3.8) is 0 Å². The first-order valence-electron chi connectivity index (χ1n) is 3.24. The summed E-state index contributed by atoms with van der Waals surface area (Å²) in [5.74, 6) is -0.0186. The van der Waals surface area contributed by atoms with E-state index in [1.165, 1.54) is 0 Å². The summed E-state index contributed by atoms with van der Waals surface area (Å²) in [4.78, 5) is 0. The van der Waals surface area contributed by atoms with E-state index < -0.39 is 20.9 Å². The van der Waals surface area contributed by atoms with Gasteiger partial charge >= 0.3 is 0 Å². The van der Waals surface area contributed by atoms with E-state index in [9.17, 15) is 17.2 Å². The number of rotatable bonds is 5. The second kappa shape index (κ2) is 4.84. The van der Waals surface area contributed by atoms with Crippen LogP contribution in [0.2, 0.25) is 0 Å². The second-order valence-electron chi connectivity index (χ2n) is 2.10. The molecule has 0 heterocycles. The van der Waals surface area contributed by atoms with Crippen molar-refractivity contribution in [2.24, 2.45) is 0 Å². The molecule has 0 aromatic heterocycles. The minimum Gasteiger partial charge on any atom is -0.772 e. The first kappa shape index (κ1) is 11.1. The lowest BCUT2D eigenvalue weighted by Crippen LogP contribution is -2.11. The maximum absolute atomic E-state index is 10.8. The molecule has 4 nitrogen and oxygen atoms in total. The molecule has 1 unspecified atom stereocenters. The van der Waals surface area contributed by atoms with Crippen LogP contribution in [0.4, 0.5) is 0 Å². The van der Waals surface area contributed by atoms with E-state index in [4.69, 9.17) is 0 Å². The summed E-state index contributed by atoms with van der Waals surface area (Å²) >= 11 is -2.12. The van der Waals surface area contributed by atoms with Gasteiger partial charge in [-0.25, -0.2) is 8.42 Å². The Balaban J connectivity index is 3.63. The third-order valence-electron chi connectivity index (χ3n) is 1.21. The van der Waals surface area contributed by atoms with E-state index in [0.29, 0.717) is 0 Å². The van der Waals surface area contributed by atoms with E-state index in [0.717, 1.165) is 0 Å². The highest BCUT2D eigenvalue weighted by Gasteiger charge is 2.05. The van der Waals surface area contributed by atoms with Crippen LogP contribution in [-0.2, 0) is 20.9 Å².